The molecule has 3 amide bonds. The van der Waals surface area contributed by atoms with E-state index < -0.39 is 17.5 Å². The van der Waals surface area contributed by atoms with Crippen LogP contribution in [0.25, 0.3) is 0 Å². The maximum Gasteiger partial charge on any atom is 0.291 e. The maximum atomic E-state index is 14.3. The van der Waals surface area contributed by atoms with Gasteiger partial charge in [0.15, 0.2) is 17.4 Å². The van der Waals surface area contributed by atoms with Gasteiger partial charge in [0.05, 0.1) is 17.7 Å². The number of carbonyl (C=O) groups is 3. The minimum absolute atomic E-state index is 0.0202. The second kappa shape index (κ2) is 12.9. The van der Waals surface area contributed by atoms with E-state index in [1.165, 1.54) is 37.6 Å². The van der Waals surface area contributed by atoms with Crippen LogP contribution in [0.1, 0.15) is 51.5 Å². The number of amides is 3. The number of H-pyrrole nitrogens is 1. The van der Waals surface area contributed by atoms with Crippen LogP contribution in [0.5, 0.6) is 5.75 Å². The average Bonchev–Trinajstić information content (AvgIpc) is 3.66. The van der Waals surface area contributed by atoms with Gasteiger partial charge < -0.3 is 30.6 Å². The molecule has 1 unspecified atom stereocenters. The van der Waals surface area contributed by atoms with Gasteiger partial charge in [-0.1, -0.05) is 17.7 Å². The van der Waals surface area contributed by atoms with Gasteiger partial charge in [-0.15, -0.1) is 0 Å². The van der Waals surface area contributed by atoms with Crippen molar-refractivity contribution in [1.82, 2.24) is 25.5 Å². The second-order valence-electron chi connectivity index (χ2n) is 10.4. The van der Waals surface area contributed by atoms with Crippen molar-refractivity contribution < 1.29 is 27.9 Å². The first-order valence-electron chi connectivity index (χ1n) is 13.7. The van der Waals surface area contributed by atoms with Crippen LogP contribution < -0.4 is 20.7 Å². The van der Waals surface area contributed by atoms with Crippen LogP contribution in [-0.4, -0.2) is 71.9 Å². The first-order valence-corrected chi connectivity index (χ1v) is 14.1. The Hall–Kier alpha value is -4.03. The molecule has 4 N–H and O–H groups in total. The van der Waals surface area contributed by atoms with Crippen molar-refractivity contribution in [2.45, 2.75) is 31.7 Å². The number of aromatic nitrogens is 2. The number of methoxy groups -OCH3 is 1. The number of rotatable bonds is 8. The van der Waals surface area contributed by atoms with Crippen LogP contribution >= 0.6 is 11.6 Å². The molecule has 5 rings (SSSR count). The lowest BCUT2D eigenvalue weighted by Crippen LogP contribution is -2.42. The summed E-state index contributed by atoms with van der Waals surface area (Å²) in [6.07, 6.45) is 3.67. The molecular formula is C29H31ClF2N6O4. The number of nitrogens with zero attached hydrogens (tertiary/aromatic N) is 2. The van der Waals surface area contributed by atoms with E-state index in [0.29, 0.717) is 30.9 Å². The van der Waals surface area contributed by atoms with Gasteiger partial charge in [0.2, 0.25) is 11.7 Å². The summed E-state index contributed by atoms with van der Waals surface area (Å²) in [5.74, 6) is -3.13. The minimum atomic E-state index is -1.09. The summed E-state index contributed by atoms with van der Waals surface area (Å²) in [6.45, 7) is 2.75. The fourth-order valence-electron chi connectivity index (χ4n) is 5.27. The van der Waals surface area contributed by atoms with Gasteiger partial charge in [0.1, 0.15) is 0 Å². The minimum Gasteiger partial charge on any atom is -0.494 e. The number of ether oxygens (including phenoxy) is 1. The third kappa shape index (κ3) is 6.55. The molecular weight excluding hydrogens is 570 g/mol. The van der Waals surface area contributed by atoms with Gasteiger partial charge in [0.25, 0.3) is 11.8 Å². The van der Waals surface area contributed by atoms with Crippen molar-refractivity contribution in [2.24, 2.45) is 5.92 Å². The Morgan fingerprint density at radius 2 is 1.88 bits per heavy atom. The predicted molar refractivity (Wildman–Crippen MR) is 152 cm³/mol. The van der Waals surface area contributed by atoms with E-state index >= 15 is 0 Å². The first kappa shape index (κ1) is 29.5. The van der Waals surface area contributed by atoms with Crippen molar-refractivity contribution in [1.29, 1.82) is 0 Å². The van der Waals surface area contributed by atoms with Crippen LogP contribution in [0.15, 0.2) is 36.5 Å². The zero-order valence-electron chi connectivity index (χ0n) is 22.9. The van der Waals surface area contributed by atoms with Crippen molar-refractivity contribution in [3.05, 3.63) is 75.8 Å². The van der Waals surface area contributed by atoms with Gasteiger partial charge in [-0.3, -0.25) is 14.4 Å². The van der Waals surface area contributed by atoms with Crippen LogP contribution in [-0.2, 0) is 11.2 Å². The molecule has 0 aliphatic carbocycles. The summed E-state index contributed by atoms with van der Waals surface area (Å²) in [7, 11) is 1.25. The van der Waals surface area contributed by atoms with Gasteiger partial charge >= 0.3 is 0 Å². The summed E-state index contributed by atoms with van der Waals surface area (Å²) in [6, 6.07) is 7.05. The molecule has 2 fully saturated rings. The Labute approximate surface area is 246 Å². The van der Waals surface area contributed by atoms with E-state index in [4.69, 9.17) is 16.3 Å². The molecule has 0 radical (unpaired) electrons. The summed E-state index contributed by atoms with van der Waals surface area (Å²) in [4.78, 5) is 47.1. The molecule has 3 aromatic rings. The van der Waals surface area contributed by atoms with Crippen LogP contribution in [0.2, 0.25) is 5.02 Å². The van der Waals surface area contributed by atoms with Crippen molar-refractivity contribution in [3.63, 3.8) is 0 Å². The fraction of sp³-hybridized carbons (Fsp3) is 0.379. The number of piperidine rings is 1. The molecule has 3 heterocycles. The highest BCUT2D eigenvalue weighted by Crippen LogP contribution is 2.25. The number of likely N-dealkylation sites (tertiary alicyclic amines) is 1. The summed E-state index contributed by atoms with van der Waals surface area (Å²) in [5.41, 5.74) is 1.05. The number of halogens is 3. The Morgan fingerprint density at radius 3 is 2.62 bits per heavy atom. The highest BCUT2D eigenvalue weighted by molar-refractivity contribution is 6.34. The van der Waals surface area contributed by atoms with Gasteiger partial charge in [-0.05, 0) is 62.2 Å². The van der Waals surface area contributed by atoms with Gasteiger partial charge in [-0.25, -0.2) is 9.37 Å². The third-order valence-corrected chi connectivity index (χ3v) is 7.88. The molecule has 2 aliphatic rings. The molecule has 2 saturated heterocycles. The molecule has 0 spiro atoms. The number of imidazole rings is 1. The van der Waals surface area contributed by atoms with E-state index in [1.54, 1.807) is 6.07 Å². The van der Waals surface area contributed by atoms with Gasteiger partial charge in [0, 0.05) is 49.0 Å². The lowest BCUT2D eigenvalue weighted by atomic mass is 9.97. The van der Waals surface area contributed by atoms with E-state index in [2.05, 4.69) is 25.9 Å². The standard InChI is InChI=1S/C29H31ClF2N6O4/c1-42-23-5-2-17(24(31)25(23)32)12-20-14-34-26(35-20)28(40)36-18-3-4-21(22(30)13-18)27(39)37-19-8-11-38(15-19)29(41)16-6-9-33-10-7-16/h2-5,13-14,16,19,33H,6-12,15H2,1H3,(H,34,35)(H,36,40)(H,37,39). The van der Waals surface area contributed by atoms with E-state index in [9.17, 15) is 23.2 Å². The number of carbonyl (C=O) groups excluding carboxylic acids is 3. The Balaban J connectivity index is 1.15. The highest BCUT2D eigenvalue weighted by Gasteiger charge is 2.32. The molecule has 2 aliphatic heterocycles. The van der Waals surface area contributed by atoms with Crippen LogP contribution in [0.3, 0.4) is 0 Å². The molecule has 42 heavy (non-hydrogen) atoms. The largest absolute Gasteiger partial charge is 0.494 e. The number of hydrogen-bond donors (Lipinski definition) is 4. The Bertz CT molecular complexity index is 1490. The third-order valence-electron chi connectivity index (χ3n) is 7.57. The first-order chi connectivity index (χ1) is 20.2. The lowest BCUT2D eigenvalue weighted by molar-refractivity contribution is -0.135. The quantitative estimate of drug-likeness (QED) is 0.313. The summed E-state index contributed by atoms with van der Waals surface area (Å²) < 4.78 is 33.1. The number of benzene rings is 2. The molecule has 13 heteroatoms. The molecule has 0 bridgehead atoms. The molecule has 2 aromatic carbocycles. The fourth-order valence-corrected chi connectivity index (χ4v) is 5.54. The lowest BCUT2D eigenvalue weighted by Gasteiger charge is -2.26. The van der Waals surface area contributed by atoms with Gasteiger partial charge in [-0.2, -0.15) is 4.39 Å². The number of nitrogens with one attached hydrogen (secondary N) is 4. The normalized spacial score (nSPS) is 17.2. The predicted octanol–water partition coefficient (Wildman–Crippen LogP) is 3.52. The number of aromatic amines is 1. The van der Waals surface area contributed by atoms with E-state index in [-0.39, 0.29) is 57.9 Å². The highest BCUT2D eigenvalue weighted by atomic mass is 35.5. The van der Waals surface area contributed by atoms with E-state index in [0.717, 1.165) is 25.9 Å². The molecule has 1 atom stereocenters. The topological polar surface area (TPSA) is 128 Å². The summed E-state index contributed by atoms with van der Waals surface area (Å²) >= 11 is 6.38. The molecule has 222 valence electrons. The smallest absolute Gasteiger partial charge is 0.291 e. The van der Waals surface area contributed by atoms with Crippen molar-refractivity contribution in [3.8, 4) is 5.75 Å². The SMILES string of the molecule is COc1ccc(Cc2cnc(C(=O)Nc3ccc(C(=O)NC4CCN(C(=O)C5CCNCC5)C4)c(Cl)c3)[nH]2)c(F)c1F. The monoisotopic (exact) mass is 600 g/mol. The van der Waals surface area contributed by atoms with Crippen molar-refractivity contribution in [2.75, 3.05) is 38.6 Å². The molecule has 0 saturated carbocycles. The Morgan fingerprint density at radius 1 is 1.10 bits per heavy atom. The second-order valence-corrected chi connectivity index (χ2v) is 10.8. The average molecular weight is 601 g/mol. The zero-order valence-corrected chi connectivity index (χ0v) is 23.7. The number of hydrogen-bond acceptors (Lipinski definition) is 6. The Kier molecular flexibility index (Phi) is 9.03. The van der Waals surface area contributed by atoms with Crippen molar-refractivity contribution >= 4 is 35.0 Å². The number of anilines is 1. The maximum absolute atomic E-state index is 14.3. The van der Waals surface area contributed by atoms with E-state index in [1.807, 2.05) is 4.90 Å². The van der Waals surface area contributed by atoms with Crippen LogP contribution in [0.4, 0.5) is 14.5 Å². The molecule has 1 aromatic heterocycles. The molecule has 10 nitrogen and oxygen atoms in total. The van der Waals surface area contributed by atoms with Crippen LogP contribution in [0, 0.1) is 17.6 Å². The summed E-state index contributed by atoms with van der Waals surface area (Å²) in [5, 5.41) is 9.01. The zero-order chi connectivity index (χ0) is 29.8.